The van der Waals surface area contributed by atoms with Gasteiger partial charge in [-0.25, -0.2) is 14.4 Å². The van der Waals surface area contributed by atoms with Crippen molar-refractivity contribution in [3.05, 3.63) is 33.9 Å². The summed E-state index contributed by atoms with van der Waals surface area (Å²) < 4.78 is 5.37. The van der Waals surface area contributed by atoms with E-state index in [0.717, 1.165) is 12.8 Å². The van der Waals surface area contributed by atoms with E-state index in [1.54, 1.807) is 6.92 Å². The Morgan fingerprint density at radius 3 is 2.04 bits per heavy atom. The van der Waals surface area contributed by atoms with E-state index in [1.807, 2.05) is 25.9 Å². The Hall–Kier alpha value is -2.41. The van der Waals surface area contributed by atoms with Gasteiger partial charge in [0.1, 0.15) is 6.61 Å². The first-order chi connectivity index (χ1) is 13.0. The van der Waals surface area contributed by atoms with Crippen molar-refractivity contribution in [2.24, 2.45) is 0 Å². The molecule has 0 aromatic heterocycles. The number of unbranched alkanes of at least 4 members (excludes halogenated alkanes) is 1. The summed E-state index contributed by atoms with van der Waals surface area (Å²) in [5.41, 5.74) is 1.72. The minimum Gasteiger partial charge on any atom is -0.478 e. The Morgan fingerprint density at radius 2 is 1.57 bits per heavy atom. The average molecular weight is 395 g/mol. The monoisotopic (exact) mass is 395 g/mol. The molecule has 0 bridgehead atoms. The zero-order chi connectivity index (χ0) is 21.9. The molecule has 0 saturated heterocycles. The lowest BCUT2D eigenvalue weighted by atomic mass is 9.91. The lowest BCUT2D eigenvalue weighted by Gasteiger charge is -2.17. The number of hydrogen-bond acceptors (Lipinski definition) is 5. The molecule has 0 aliphatic carbocycles. The first-order valence-electron chi connectivity index (χ1n) is 9.37. The number of carbonyl (C=O) groups excluding carboxylic acids is 1. The number of esters is 1. The zero-order valence-electron chi connectivity index (χ0n) is 17.8. The maximum atomic E-state index is 12.8. The van der Waals surface area contributed by atoms with E-state index in [-0.39, 0.29) is 24.2 Å². The minimum atomic E-state index is -1.07. The molecular weight excluding hydrogens is 362 g/mol. The van der Waals surface area contributed by atoms with Crippen LogP contribution in [0.5, 0.6) is 0 Å². The van der Waals surface area contributed by atoms with Crippen LogP contribution in [0.2, 0.25) is 0 Å². The third-order valence-corrected chi connectivity index (χ3v) is 4.45. The third-order valence-electron chi connectivity index (χ3n) is 4.45. The predicted molar refractivity (Wildman–Crippen MR) is 108 cm³/mol. The van der Waals surface area contributed by atoms with E-state index >= 15 is 0 Å². The number of likely N-dealkylation sites (N-methyl/N-ethyl adjacent to an activating group) is 1. The first-order valence-corrected chi connectivity index (χ1v) is 9.37. The van der Waals surface area contributed by atoms with Crippen molar-refractivity contribution >= 4 is 17.9 Å². The molecule has 0 saturated carbocycles. The number of carboxylic acid groups (broad SMARTS) is 2. The van der Waals surface area contributed by atoms with Crippen molar-refractivity contribution in [2.45, 2.75) is 53.4 Å². The first kappa shape index (κ1) is 25.6. The summed E-state index contributed by atoms with van der Waals surface area (Å²) >= 11 is 0. The molecule has 0 unspecified atom stereocenters. The van der Waals surface area contributed by atoms with Crippen LogP contribution in [0.4, 0.5) is 0 Å². The van der Waals surface area contributed by atoms with E-state index in [0.29, 0.717) is 29.7 Å². The molecule has 28 heavy (non-hydrogen) atoms. The highest BCUT2D eigenvalue weighted by molar-refractivity contribution is 5.93. The van der Waals surface area contributed by atoms with Crippen LogP contribution in [-0.2, 0) is 19.1 Å². The fourth-order valence-electron chi connectivity index (χ4n) is 2.39. The van der Waals surface area contributed by atoms with Crippen molar-refractivity contribution in [3.63, 3.8) is 0 Å². The Labute approximate surface area is 167 Å². The molecule has 7 heteroatoms. The molecule has 158 valence electrons. The van der Waals surface area contributed by atoms with E-state index < -0.39 is 17.9 Å². The number of nitrogens with zero attached hydrogens (tertiary/aromatic N) is 1. The van der Waals surface area contributed by atoms with Crippen molar-refractivity contribution < 1.29 is 29.3 Å². The van der Waals surface area contributed by atoms with Gasteiger partial charge in [0.2, 0.25) is 0 Å². The van der Waals surface area contributed by atoms with Gasteiger partial charge in [0.05, 0.1) is 0 Å². The quantitative estimate of drug-likeness (QED) is 0.296. The zero-order valence-corrected chi connectivity index (χ0v) is 17.8. The van der Waals surface area contributed by atoms with Gasteiger partial charge >= 0.3 is 17.9 Å². The van der Waals surface area contributed by atoms with E-state index in [4.69, 9.17) is 9.84 Å². The van der Waals surface area contributed by atoms with Crippen LogP contribution in [0, 0.1) is 0 Å². The van der Waals surface area contributed by atoms with E-state index in [2.05, 4.69) is 0 Å². The van der Waals surface area contributed by atoms with Crippen molar-refractivity contribution in [3.8, 4) is 0 Å². The van der Waals surface area contributed by atoms with Gasteiger partial charge in [-0.2, -0.15) is 0 Å². The maximum Gasteiger partial charge on any atom is 0.334 e. The van der Waals surface area contributed by atoms with Crippen LogP contribution in [0.3, 0.4) is 0 Å². The Kier molecular flexibility index (Phi) is 11.8. The summed E-state index contributed by atoms with van der Waals surface area (Å²) in [6.45, 7) is 7.37. The number of allylic oxidation sites excluding steroid dienone is 3. The van der Waals surface area contributed by atoms with Crippen LogP contribution in [0.15, 0.2) is 33.9 Å². The second-order valence-electron chi connectivity index (χ2n) is 6.95. The largest absolute Gasteiger partial charge is 0.478 e. The molecule has 0 aromatic rings. The standard InChI is InChI=1S/C21H33NO6/c1-7-8-9-17(15(3)16(4)20(25)26)18(11-10-14(2)19(23)24)21(27)28-13-12-22(5)6/h10H,7-9,11-13H2,1-6H3,(H,23,24)(H,25,26). The summed E-state index contributed by atoms with van der Waals surface area (Å²) in [6, 6.07) is 0. The predicted octanol–water partition coefficient (Wildman–Crippen LogP) is 3.42. The van der Waals surface area contributed by atoms with Crippen molar-refractivity contribution in [2.75, 3.05) is 27.2 Å². The number of ether oxygens (including phenoxy) is 1. The van der Waals surface area contributed by atoms with Crippen LogP contribution in [0.1, 0.15) is 53.4 Å². The lowest BCUT2D eigenvalue weighted by Crippen LogP contribution is -2.21. The molecule has 7 nitrogen and oxygen atoms in total. The van der Waals surface area contributed by atoms with Crippen molar-refractivity contribution in [1.82, 2.24) is 4.90 Å². The number of hydrogen-bond donors (Lipinski definition) is 2. The summed E-state index contributed by atoms with van der Waals surface area (Å²) in [5.74, 6) is -2.66. The Balaban J connectivity index is 6.18. The topological polar surface area (TPSA) is 104 Å². The molecule has 0 heterocycles. The van der Waals surface area contributed by atoms with Gasteiger partial charge < -0.3 is 19.8 Å². The molecule has 0 rings (SSSR count). The molecule has 0 aliphatic heterocycles. The van der Waals surface area contributed by atoms with Gasteiger partial charge in [-0.05, 0) is 65.3 Å². The van der Waals surface area contributed by atoms with Crippen LogP contribution < -0.4 is 0 Å². The SMILES string of the molecule is CCCCC(C(C)=C(C)C(=O)O)=C(CC=C(C)C(=O)O)C(=O)OCCN(C)C. The van der Waals surface area contributed by atoms with Gasteiger partial charge in [-0.3, -0.25) is 0 Å². The van der Waals surface area contributed by atoms with E-state index in [1.165, 1.54) is 19.9 Å². The Bertz CT molecular complexity index is 670. The fourth-order valence-corrected chi connectivity index (χ4v) is 2.39. The molecule has 0 amide bonds. The highest BCUT2D eigenvalue weighted by Crippen LogP contribution is 2.27. The molecule has 0 fully saturated rings. The van der Waals surface area contributed by atoms with Gasteiger partial charge in [0.25, 0.3) is 0 Å². The fraction of sp³-hybridized carbons (Fsp3) is 0.571. The highest BCUT2D eigenvalue weighted by Gasteiger charge is 2.20. The van der Waals surface area contributed by atoms with Crippen LogP contribution >= 0.6 is 0 Å². The second kappa shape index (κ2) is 12.9. The molecule has 0 spiro atoms. The van der Waals surface area contributed by atoms with Crippen LogP contribution in [0.25, 0.3) is 0 Å². The summed E-state index contributed by atoms with van der Waals surface area (Å²) in [4.78, 5) is 37.2. The number of aliphatic carboxylic acids is 2. The van der Waals surface area contributed by atoms with Crippen molar-refractivity contribution in [1.29, 1.82) is 0 Å². The summed E-state index contributed by atoms with van der Waals surface area (Å²) in [6.07, 6.45) is 3.69. The minimum absolute atomic E-state index is 0.0716. The van der Waals surface area contributed by atoms with Gasteiger partial charge in [0.15, 0.2) is 0 Å². The Morgan fingerprint density at radius 1 is 0.964 bits per heavy atom. The summed E-state index contributed by atoms with van der Waals surface area (Å²) in [7, 11) is 3.72. The smallest absolute Gasteiger partial charge is 0.334 e. The average Bonchev–Trinajstić information content (AvgIpc) is 2.62. The second-order valence-corrected chi connectivity index (χ2v) is 6.95. The summed E-state index contributed by atoms with van der Waals surface area (Å²) in [5, 5.41) is 18.4. The van der Waals surface area contributed by atoms with Gasteiger partial charge in [-0.15, -0.1) is 0 Å². The lowest BCUT2D eigenvalue weighted by molar-refractivity contribution is -0.139. The molecule has 0 atom stereocenters. The molecule has 2 N–H and O–H groups in total. The van der Waals surface area contributed by atoms with Crippen LogP contribution in [-0.4, -0.2) is 60.3 Å². The normalized spacial score (nSPS) is 13.8. The van der Waals surface area contributed by atoms with Gasteiger partial charge in [-0.1, -0.05) is 19.4 Å². The molecular formula is C21H33NO6. The van der Waals surface area contributed by atoms with Gasteiger partial charge in [0, 0.05) is 23.3 Å². The molecule has 0 aliphatic rings. The maximum absolute atomic E-state index is 12.8. The number of carbonyl (C=O) groups is 3. The number of rotatable bonds is 12. The third kappa shape index (κ3) is 8.99. The van der Waals surface area contributed by atoms with E-state index in [9.17, 15) is 19.5 Å². The number of carboxylic acids is 2. The highest BCUT2D eigenvalue weighted by atomic mass is 16.5. The molecule has 0 aromatic carbocycles. The molecule has 0 radical (unpaired) electrons.